The van der Waals surface area contributed by atoms with Gasteiger partial charge in [0.1, 0.15) is 12.0 Å². The highest BCUT2D eigenvalue weighted by molar-refractivity contribution is 14.0. The third kappa shape index (κ3) is 5.12. The van der Waals surface area contributed by atoms with Gasteiger partial charge in [0, 0.05) is 31.6 Å². The highest BCUT2D eigenvalue weighted by Gasteiger charge is 2.07. The van der Waals surface area contributed by atoms with Crippen molar-refractivity contribution in [3.05, 3.63) is 40.4 Å². The number of nitrogens with one attached hydrogen (secondary N) is 1. The minimum absolute atomic E-state index is 0. The Morgan fingerprint density at radius 3 is 2.95 bits per heavy atom. The van der Waals surface area contributed by atoms with Crippen LogP contribution in [0.5, 0.6) is 0 Å². The van der Waals surface area contributed by atoms with Crippen LogP contribution in [-0.2, 0) is 13.0 Å². The molecule has 2 aromatic rings. The van der Waals surface area contributed by atoms with Gasteiger partial charge in [0.05, 0.1) is 6.54 Å². The van der Waals surface area contributed by atoms with E-state index in [4.69, 9.17) is 4.52 Å². The molecule has 0 spiro atoms. The van der Waals surface area contributed by atoms with E-state index in [2.05, 4.69) is 37.9 Å². The second-order valence-corrected chi connectivity index (χ2v) is 5.17. The zero-order chi connectivity index (χ0) is 13.5. The van der Waals surface area contributed by atoms with E-state index in [9.17, 15) is 0 Å². The number of aliphatic imine (C=N–C) groups is 1. The summed E-state index contributed by atoms with van der Waals surface area (Å²) in [6, 6.07) is 6.08. The Bertz CT molecular complexity index is 498. The van der Waals surface area contributed by atoms with E-state index in [1.165, 1.54) is 4.88 Å². The molecule has 0 aliphatic heterocycles. The molecule has 0 bridgehead atoms. The fourth-order valence-electron chi connectivity index (χ4n) is 1.72. The van der Waals surface area contributed by atoms with Crippen molar-refractivity contribution in [1.29, 1.82) is 0 Å². The summed E-state index contributed by atoms with van der Waals surface area (Å²) in [7, 11) is 3.82. The van der Waals surface area contributed by atoms with E-state index in [0.29, 0.717) is 6.54 Å². The SMILES string of the molecule is CN=C(NCc1ccon1)N(C)CCc1cccs1.I. The van der Waals surface area contributed by atoms with Crippen molar-refractivity contribution < 1.29 is 4.52 Å². The summed E-state index contributed by atoms with van der Waals surface area (Å²) in [6.45, 7) is 1.55. The lowest BCUT2D eigenvalue weighted by Gasteiger charge is -2.21. The molecular weight excluding hydrogens is 387 g/mol. The smallest absolute Gasteiger partial charge is 0.193 e. The monoisotopic (exact) mass is 406 g/mol. The molecule has 2 aromatic heterocycles. The number of likely N-dealkylation sites (N-methyl/N-ethyl adjacent to an activating group) is 1. The molecule has 0 saturated heterocycles. The first-order chi connectivity index (χ1) is 9.29. The van der Waals surface area contributed by atoms with Crippen LogP contribution >= 0.6 is 35.3 Å². The summed E-state index contributed by atoms with van der Waals surface area (Å²) in [5, 5.41) is 9.22. The topological polar surface area (TPSA) is 53.7 Å². The highest BCUT2D eigenvalue weighted by Crippen LogP contribution is 2.09. The molecule has 0 amide bonds. The van der Waals surface area contributed by atoms with Crippen LogP contribution in [0.2, 0.25) is 0 Å². The first-order valence-corrected chi connectivity index (χ1v) is 7.01. The van der Waals surface area contributed by atoms with Crippen LogP contribution in [-0.4, -0.2) is 36.7 Å². The lowest BCUT2D eigenvalue weighted by molar-refractivity contribution is 0.409. The number of aromatic nitrogens is 1. The van der Waals surface area contributed by atoms with Crippen molar-refractivity contribution in [1.82, 2.24) is 15.4 Å². The van der Waals surface area contributed by atoms with Crippen LogP contribution < -0.4 is 5.32 Å². The third-order valence-corrected chi connectivity index (χ3v) is 3.70. The highest BCUT2D eigenvalue weighted by atomic mass is 127. The van der Waals surface area contributed by atoms with E-state index in [1.54, 1.807) is 24.6 Å². The van der Waals surface area contributed by atoms with E-state index >= 15 is 0 Å². The van der Waals surface area contributed by atoms with Crippen molar-refractivity contribution >= 4 is 41.3 Å². The number of hydrogen-bond donors (Lipinski definition) is 1. The Hall–Kier alpha value is -1.09. The van der Waals surface area contributed by atoms with Crippen LogP contribution in [0.25, 0.3) is 0 Å². The number of rotatable bonds is 5. The Morgan fingerprint density at radius 1 is 1.50 bits per heavy atom. The average molecular weight is 406 g/mol. The number of halogens is 1. The fraction of sp³-hybridized carbons (Fsp3) is 0.385. The molecular formula is C13H19IN4OS. The predicted molar refractivity (Wildman–Crippen MR) is 92.8 cm³/mol. The summed E-state index contributed by atoms with van der Waals surface area (Å²) in [4.78, 5) is 7.76. The summed E-state index contributed by atoms with van der Waals surface area (Å²) in [6.07, 6.45) is 2.60. The predicted octanol–water partition coefficient (Wildman–Crippen LogP) is 2.60. The van der Waals surface area contributed by atoms with Crippen molar-refractivity contribution in [3.63, 3.8) is 0 Å². The van der Waals surface area contributed by atoms with Crippen molar-refractivity contribution in [2.45, 2.75) is 13.0 Å². The Balaban J connectivity index is 0.00000200. The molecule has 7 heteroatoms. The molecule has 2 heterocycles. The van der Waals surface area contributed by atoms with Gasteiger partial charge in [-0.1, -0.05) is 11.2 Å². The number of guanidine groups is 1. The van der Waals surface area contributed by atoms with E-state index in [0.717, 1.165) is 24.6 Å². The minimum atomic E-state index is 0. The first kappa shape index (κ1) is 17.0. The molecule has 0 unspecified atom stereocenters. The van der Waals surface area contributed by atoms with E-state index in [1.807, 2.05) is 13.1 Å². The van der Waals surface area contributed by atoms with Gasteiger partial charge in [-0.05, 0) is 17.9 Å². The van der Waals surface area contributed by atoms with Crippen LogP contribution in [0.15, 0.2) is 39.4 Å². The van der Waals surface area contributed by atoms with Gasteiger partial charge in [0.15, 0.2) is 5.96 Å². The summed E-state index contributed by atoms with van der Waals surface area (Å²) < 4.78 is 4.80. The summed E-state index contributed by atoms with van der Waals surface area (Å²) in [5.41, 5.74) is 0.868. The molecule has 2 rings (SSSR count). The molecule has 0 aliphatic carbocycles. The van der Waals surface area contributed by atoms with Gasteiger partial charge in [-0.25, -0.2) is 0 Å². The maximum absolute atomic E-state index is 4.80. The lowest BCUT2D eigenvalue weighted by atomic mass is 10.3. The normalized spacial score (nSPS) is 11.0. The van der Waals surface area contributed by atoms with Gasteiger partial charge in [0.2, 0.25) is 0 Å². The molecule has 1 N–H and O–H groups in total. The largest absolute Gasteiger partial charge is 0.364 e. The number of thiophene rings is 1. The van der Waals surface area contributed by atoms with E-state index in [-0.39, 0.29) is 24.0 Å². The lowest BCUT2D eigenvalue weighted by Crippen LogP contribution is -2.39. The first-order valence-electron chi connectivity index (χ1n) is 6.13. The van der Waals surface area contributed by atoms with Crippen LogP contribution in [0.3, 0.4) is 0 Å². The Morgan fingerprint density at radius 2 is 2.35 bits per heavy atom. The van der Waals surface area contributed by atoms with Crippen molar-refractivity contribution in [2.75, 3.05) is 20.6 Å². The Kier molecular flexibility index (Phi) is 7.60. The average Bonchev–Trinajstić information content (AvgIpc) is 3.10. The standard InChI is InChI=1S/C13H18N4OS.HI/c1-14-13(15-10-11-6-8-18-16-11)17(2)7-5-12-4-3-9-19-12;/h3-4,6,8-9H,5,7,10H2,1-2H3,(H,14,15);1H. The molecule has 0 radical (unpaired) electrons. The van der Waals surface area contributed by atoms with Gasteiger partial charge in [-0.2, -0.15) is 0 Å². The second kappa shape index (κ2) is 8.96. The van der Waals surface area contributed by atoms with Gasteiger partial charge < -0.3 is 14.7 Å². The van der Waals surface area contributed by atoms with E-state index < -0.39 is 0 Å². The van der Waals surface area contributed by atoms with Crippen molar-refractivity contribution in [2.24, 2.45) is 4.99 Å². The molecule has 20 heavy (non-hydrogen) atoms. The van der Waals surface area contributed by atoms with Crippen LogP contribution in [0, 0.1) is 0 Å². The molecule has 0 saturated carbocycles. The molecule has 0 fully saturated rings. The maximum Gasteiger partial charge on any atom is 0.193 e. The summed E-state index contributed by atoms with van der Waals surface area (Å²) in [5.74, 6) is 0.861. The quantitative estimate of drug-likeness (QED) is 0.471. The summed E-state index contributed by atoms with van der Waals surface area (Å²) >= 11 is 1.79. The third-order valence-electron chi connectivity index (χ3n) is 2.77. The number of hydrogen-bond acceptors (Lipinski definition) is 4. The van der Waals surface area contributed by atoms with Crippen LogP contribution in [0.4, 0.5) is 0 Å². The second-order valence-electron chi connectivity index (χ2n) is 4.14. The zero-order valence-corrected chi connectivity index (χ0v) is 14.7. The molecule has 0 atom stereocenters. The maximum atomic E-state index is 4.80. The van der Waals surface area contributed by atoms with Crippen LogP contribution in [0.1, 0.15) is 10.6 Å². The Labute approximate surface area is 140 Å². The number of nitrogens with zero attached hydrogens (tertiary/aromatic N) is 3. The van der Waals surface area contributed by atoms with Gasteiger partial charge >= 0.3 is 0 Å². The molecule has 0 aliphatic rings. The van der Waals surface area contributed by atoms with Crippen molar-refractivity contribution in [3.8, 4) is 0 Å². The van der Waals surface area contributed by atoms with Gasteiger partial charge in [-0.3, -0.25) is 4.99 Å². The van der Waals surface area contributed by atoms with Gasteiger partial charge in [0.25, 0.3) is 0 Å². The fourth-order valence-corrected chi connectivity index (χ4v) is 2.42. The van der Waals surface area contributed by atoms with Gasteiger partial charge in [-0.15, -0.1) is 35.3 Å². The minimum Gasteiger partial charge on any atom is -0.364 e. The zero-order valence-electron chi connectivity index (χ0n) is 11.6. The molecule has 5 nitrogen and oxygen atoms in total. The molecule has 110 valence electrons. The molecule has 0 aromatic carbocycles.